The minimum atomic E-state index is -0.814. The second kappa shape index (κ2) is 2.72. The lowest BCUT2D eigenvalue weighted by atomic mass is 9.92. The van der Waals surface area contributed by atoms with Crippen molar-refractivity contribution in [2.75, 3.05) is 0 Å². The van der Waals surface area contributed by atoms with Crippen LogP contribution in [0, 0.1) is 5.92 Å². The molecule has 1 aliphatic carbocycles. The van der Waals surface area contributed by atoms with E-state index in [2.05, 4.69) is 5.32 Å². The van der Waals surface area contributed by atoms with Gasteiger partial charge in [0.25, 0.3) is 5.91 Å². The lowest BCUT2D eigenvalue weighted by Crippen LogP contribution is -2.41. The molecule has 0 bridgehead atoms. The molecule has 2 rings (SSSR count). The van der Waals surface area contributed by atoms with Crippen LogP contribution in [0.1, 0.15) is 32.6 Å². The molecule has 4 nitrogen and oxygen atoms in total. The molecule has 0 aromatic carbocycles. The van der Waals surface area contributed by atoms with E-state index in [4.69, 9.17) is 4.74 Å². The fourth-order valence-electron chi connectivity index (χ4n) is 1.99. The predicted molar refractivity (Wildman–Crippen MR) is 45.0 cm³/mol. The zero-order valence-corrected chi connectivity index (χ0v) is 7.63. The molecule has 1 unspecified atom stereocenters. The van der Waals surface area contributed by atoms with Gasteiger partial charge in [0.1, 0.15) is 0 Å². The Bertz CT molecular complexity index is 260. The number of amides is 2. The summed E-state index contributed by atoms with van der Waals surface area (Å²) in [6.45, 7) is 1.99. The van der Waals surface area contributed by atoms with E-state index >= 15 is 0 Å². The zero-order valence-electron chi connectivity index (χ0n) is 7.63. The van der Waals surface area contributed by atoms with Gasteiger partial charge in [0.2, 0.25) is 0 Å². The fourth-order valence-corrected chi connectivity index (χ4v) is 1.99. The minimum Gasteiger partial charge on any atom is -0.432 e. The normalized spacial score (nSPS) is 33.0. The summed E-state index contributed by atoms with van der Waals surface area (Å²) < 4.78 is 5.13. The van der Waals surface area contributed by atoms with Gasteiger partial charge in [-0.05, 0) is 19.3 Å². The van der Waals surface area contributed by atoms with Crippen LogP contribution in [0.4, 0.5) is 4.79 Å². The number of rotatable bonds is 3. The van der Waals surface area contributed by atoms with Crippen molar-refractivity contribution in [3.63, 3.8) is 0 Å². The molecule has 0 aromatic rings. The molecular weight excluding hydrogens is 170 g/mol. The van der Waals surface area contributed by atoms with Crippen molar-refractivity contribution in [3.8, 4) is 0 Å². The molecule has 72 valence electrons. The minimum absolute atomic E-state index is 0.234. The summed E-state index contributed by atoms with van der Waals surface area (Å²) in [5, 5.41) is 2.21. The molecule has 1 saturated heterocycles. The maximum absolute atomic E-state index is 11.5. The van der Waals surface area contributed by atoms with Crippen LogP contribution < -0.4 is 5.32 Å². The molecule has 0 radical (unpaired) electrons. The first kappa shape index (κ1) is 8.53. The van der Waals surface area contributed by atoms with Gasteiger partial charge in [0.15, 0.2) is 5.60 Å². The number of carbonyl (C=O) groups excluding carboxylic acids is 2. The van der Waals surface area contributed by atoms with Gasteiger partial charge in [0, 0.05) is 5.92 Å². The molecule has 2 fully saturated rings. The van der Waals surface area contributed by atoms with Crippen molar-refractivity contribution in [2.45, 2.75) is 38.2 Å². The van der Waals surface area contributed by atoms with Crippen LogP contribution in [0.25, 0.3) is 0 Å². The fraction of sp³-hybridized carbons (Fsp3) is 0.778. The van der Waals surface area contributed by atoms with Gasteiger partial charge in [-0.15, -0.1) is 0 Å². The van der Waals surface area contributed by atoms with Crippen LogP contribution in [-0.4, -0.2) is 17.6 Å². The van der Waals surface area contributed by atoms with Crippen LogP contribution in [0.2, 0.25) is 0 Å². The molecule has 4 heteroatoms. The zero-order chi connectivity index (χ0) is 9.47. The summed E-state index contributed by atoms with van der Waals surface area (Å²) in [4.78, 5) is 22.4. The summed E-state index contributed by atoms with van der Waals surface area (Å²) in [6, 6.07) is 0. The second-order valence-electron chi connectivity index (χ2n) is 3.76. The number of nitrogens with one attached hydrogen (secondary N) is 1. The van der Waals surface area contributed by atoms with E-state index in [9.17, 15) is 9.59 Å². The number of hydrogen-bond donors (Lipinski definition) is 1. The summed E-state index contributed by atoms with van der Waals surface area (Å²) in [5.74, 6) is 0.0285. The van der Waals surface area contributed by atoms with E-state index in [0.717, 1.165) is 19.3 Å². The topological polar surface area (TPSA) is 55.4 Å². The molecular formula is C9H13NO3. The maximum atomic E-state index is 11.5. The lowest BCUT2D eigenvalue weighted by molar-refractivity contribution is -0.133. The van der Waals surface area contributed by atoms with Gasteiger partial charge in [0.05, 0.1) is 0 Å². The highest BCUT2D eigenvalue weighted by Crippen LogP contribution is 2.46. The Labute approximate surface area is 76.6 Å². The molecule has 1 aliphatic heterocycles. The molecule has 1 atom stereocenters. The third kappa shape index (κ3) is 1.20. The van der Waals surface area contributed by atoms with Crippen molar-refractivity contribution in [2.24, 2.45) is 5.92 Å². The smallest absolute Gasteiger partial charge is 0.415 e. The average Bonchev–Trinajstić information content (AvgIpc) is 2.82. The number of carbonyl (C=O) groups is 2. The first-order valence-electron chi connectivity index (χ1n) is 4.73. The van der Waals surface area contributed by atoms with Crippen molar-refractivity contribution in [1.82, 2.24) is 5.32 Å². The van der Waals surface area contributed by atoms with Crippen LogP contribution >= 0.6 is 0 Å². The Morgan fingerprint density at radius 1 is 1.54 bits per heavy atom. The first-order chi connectivity index (χ1) is 6.19. The third-order valence-electron chi connectivity index (χ3n) is 2.73. The third-order valence-corrected chi connectivity index (χ3v) is 2.73. The molecule has 0 aromatic heterocycles. The molecule has 1 saturated carbocycles. The van der Waals surface area contributed by atoms with E-state index in [-0.39, 0.29) is 11.8 Å². The highest BCUT2D eigenvalue weighted by atomic mass is 16.6. The Balaban J connectivity index is 2.21. The van der Waals surface area contributed by atoms with Crippen LogP contribution in [0.15, 0.2) is 0 Å². The summed E-state index contributed by atoms with van der Waals surface area (Å²) >= 11 is 0. The summed E-state index contributed by atoms with van der Waals surface area (Å²) in [6.07, 6.45) is 2.93. The Hall–Kier alpha value is -1.06. The number of cyclic esters (lactones) is 1. The van der Waals surface area contributed by atoms with E-state index in [1.54, 1.807) is 0 Å². The molecule has 2 aliphatic rings. The van der Waals surface area contributed by atoms with Crippen molar-refractivity contribution in [3.05, 3.63) is 0 Å². The van der Waals surface area contributed by atoms with Gasteiger partial charge in [-0.25, -0.2) is 4.79 Å². The number of hydrogen-bond acceptors (Lipinski definition) is 3. The van der Waals surface area contributed by atoms with Crippen molar-refractivity contribution >= 4 is 12.0 Å². The molecule has 0 spiro atoms. The molecule has 2 amide bonds. The predicted octanol–water partition coefficient (Wildman–Crippen LogP) is 1.20. The Morgan fingerprint density at radius 2 is 2.23 bits per heavy atom. The maximum Gasteiger partial charge on any atom is 0.415 e. The van der Waals surface area contributed by atoms with Gasteiger partial charge in [-0.3, -0.25) is 10.1 Å². The molecule has 1 heterocycles. The summed E-state index contributed by atoms with van der Waals surface area (Å²) in [7, 11) is 0. The summed E-state index contributed by atoms with van der Waals surface area (Å²) in [5.41, 5.74) is -0.814. The van der Waals surface area contributed by atoms with Crippen LogP contribution in [0.5, 0.6) is 0 Å². The Morgan fingerprint density at radius 3 is 2.62 bits per heavy atom. The van der Waals surface area contributed by atoms with E-state index in [1.807, 2.05) is 6.92 Å². The quantitative estimate of drug-likeness (QED) is 0.715. The number of imide groups is 1. The van der Waals surface area contributed by atoms with Gasteiger partial charge >= 0.3 is 6.09 Å². The largest absolute Gasteiger partial charge is 0.432 e. The van der Waals surface area contributed by atoms with Crippen LogP contribution in [-0.2, 0) is 9.53 Å². The SMILES string of the molecule is CCCC1(C2CC2)OC(=O)NC1=O. The monoisotopic (exact) mass is 183 g/mol. The van der Waals surface area contributed by atoms with Gasteiger partial charge < -0.3 is 4.74 Å². The van der Waals surface area contributed by atoms with E-state index < -0.39 is 11.7 Å². The van der Waals surface area contributed by atoms with Gasteiger partial charge in [-0.2, -0.15) is 0 Å². The molecule has 13 heavy (non-hydrogen) atoms. The van der Waals surface area contributed by atoms with E-state index in [1.165, 1.54) is 0 Å². The standard InChI is InChI=1S/C9H13NO3/c1-2-5-9(6-3-4-6)7(11)10-8(12)13-9/h6H,2-5H2,1H3,(H,10,11,12). The van der Waals surface area contributed by atoms with E-state index in [0.29, 0.717) is 6.42 Å². The number of ether oxygens (including phenoxy) is 1. The second-order valence-corrected chi connectivity index (χ2v) is 3.76. The van der Waals surface area contributed by atoms with Crippen molar-refractivity contribution < 1.29 is 14.3 Å². The lowest BCUT2D eigenvalue weighted by Gasteiger charge is -2.23. The number of alkyl carbamates (subject to hydrolysis) is 1. The van der Waals surface area contributed by atoms with Crippen LogP contribution in [0.3, 0.4) is 0 Å². The average molecular weight is 183 g/mol. The Kier molecular flexibility index (Phi) is 1.78. The molecule has 1 N–H and O–H groups in total. The van der Waals surface area contributed by atoms with Gasteiger partial charge in [-0.1, -0.05) is 13.3 Å². The first-order valence-corrected chi connectivity index (χ1v) is 4.73. The highest BCUT2D eigenvalue weighted by Gasteiger charge is 2.57. The van der Waals surface area contributed by atoms with Crippen molar-refractivity contribution in [1.29, 1.82) is 0 Å². The highest BCUT2D eigenvalue weighted by molar-refractivity contribution is 6.03.